The highest BCUT2D eigenvalue weighted by Crippen LogP contribution is 2.35. The summed E-state index contributed by atoms with van der Waals surface area (Å²) in [6.45, 7) is 5.93. The fourth-order valence-electron chi connectivity index (χ4n) is 2.39. The number of likely N-dealkylation sites (tertiary alicyclic amines) is 1. The highest BCUT2D eigenvalue weighted by Gasteiger charge is 2.40. The summed E-state index contributed by atoms with van der Waals surface area (Å²) >= 11 is 1.22. The monoisotopic (exact) mass is 324 g/mol. The van der Waals surface area contributed by atoms with Gasteiger partial charge in [0, 0.05) is 17.3 Å². The van der Waals surface area contributed by atoms with E-state index in [1.807, 2.05) is 6.92 Å². The number of nitrogens with zero attached hydrogens (tertiary/aromatic N) is 2. The van der Waals surface area contributed by atoms with Gasteiger partial charge in [-0.1, -0.05) is 20.8 Å². The number of carbonyl (C=O) groups is 3. The lowest BCUT2D eigenvalue weighted by molar-refractivity contribution is -0.149. The number of rotatable bonds is 5. The first-order chi connectivity index (χ1) is 10.3. The summed E-state index contributed by atoms with van der Waals surface area (Å²) < 4.78 is 0. The van der Waals surface area contributed by atoms with Gasteiger partial charge in [-0.05, 0) is 19.3 Å². The molecule has 6 nitrogen and oxygen atoms in total. The van der Waals surface area contributed by atoms with Crippen molar-refractivity contribution in [3.8, 4) is 0 Å². The van der Waals surface area contributed by atoms with E-state index in [1.54, 1.807) is 18.7 Å². The summed E-state index contributed by atoms with van der Waals surface area (Å²) in [7, 11) is 0. The van der Waals surface area contributed by atoms with Gasteiger partial charge in [0.15, 0.2) is 5.69 Å². The molecular weight excluding hydrogens is 304 g/mol. The minimum absolute atomic E-state index is 0.0143. The Hall–Kier alpha value is -1.76. The second-order valence-electron chi connectivity index (χ2n) is 6.10. The number of hydrogen-bond acceptors (Lipinski definition) is 5. The van der Waals surface area contributed by atoms with Crippen molar-refractivity contribution in [2.24, 2.45) is 5.41 Å². The van der Waals surface area contributed by atoms with Gasteiger partial charge in [0.2, 0.25) is 5.78 Å². The summed E-state index contributed by atoms with van der Waals surface area (Å²) in [5, 5.41) is 11.0. The van der Waals surface area contributed by atoms with Crippen LogP contribution in [-0.4, -0.2) is 39.2 Å². The first-order valence-corrected chi connectivity index (χ1v) is 8.20. The number of thiazole rings is 1. The molecule has 0 aliphatic carbocycles. The van der Waals surface area contributed by atoms with Gasteiger partial charge < -0.3 is 10.0 Å². The molecule has 22 heavy (non-hydrogen) atoms. The van der Waals surface area contributed by atoms with Crippen LogP contribution in [0.5, 0.6) is 0 Å². The number of carbonyl (C=O) groups excluding carboxylic acids is 2. The molecule has 1 N–H and O–H groups in total. The molecule has 2 rings (SSSR count). The van der Waals surface area contributed by atoms with E-state index in [4.69, 9.17) is 5.11 Å². The van der Waals surface area contributed by atoms with Crippen molar-refractivity contribution < 1.29 is 19.5 Å². The molecule has 1 aromatic heterocycles. The zero-order chi connectivity index (χ0) is 16.5. The number of aromatic nitrogens is 1. The van der Waals surface area contributed by atoms with Gasteiger partial charge >= 0.3 is 5.97 Å². The van der Waals surface area contributed by atoms with Crippen molar-refractivity contribution >= 4 is 29.0 Å². The van der Waals surface area contributed by atoms with Gasteiger partial charge in [-0.15, -0.1) is 11.3 Å². The molecule has 0 spiro atoms. The summed E-state index contributed by atoms with van der Waals surface area (Å²) in [6.07, 6.45) is 2.09. The maximum Gasteiger partial charge on any atom is 0.355 e. The standard InChI is InChI=1S/C15H20N2O4S/c1-4-15(2,3)11(18)13(19)17-7-5-6-10(17)12-16-9(8-22-12)14(20)21/h8,10H,4-7H2,1-3H3,(H,20,21). The van der Waals surface area contributed by atoms with Crippen LogP contribution in [0.3, 0.4) is 0 Å². The first-order valence-electron chi connectivity index (χ1n) is 7.32. The molecule has 0 aromatic carbocycles. The van der Waals surface area contributed by atoms with Crippen molar-refractivity contribution in [2.45, 2.75) is 46.1 Å². The Balaban J connectivity index is 2.21. The molecule has 1 fully saturated rings. The van der Waals surface area contributed by atoms with Crippen molar-refractivity contribution in [3.63, 3.8) is 0 Å². The molecule has 1 aliphatic heterocycles. The predicted octanol–water partition coefficient (Wildman–Crippen LogP) is 2.51. The fraction of sp³-hybridized carbons (Fsp3) is 0.600. The zero-order valence-electron chi connectivity index (χ0n) is 13.0. The predicted molar refractivity (Wildman–Crippen MR) is 81.8 cm³/mol. The number of aromatic carboxylic acids is 1. The molecule has 1 aliphatic rings. The Morgan fingerprint density at radius 1 is 1.45 bits per heavy atom. The topological polar surface area (TPSA) is 87.6 Å². The van der Waals surface area contributed by atoms with Gasteiger partial charge in [0.1, 0.15) is 5.01 Å². The van der Waals surface area contributed by atoms with Crippen LogP contribution >= 0.6 is 11.3 Å². The van der Waals surface area contributed by atoms with Gasteiger partial charge in [-0.3, -0.25) is 9.59 Å². The maximum absolute atomic E-state index is 12.5. The summed E-state index contributed by atoms with van der Waals surface area (Å²) in [5.41, 5.74) is -0.696. The highest BCUT2D eigenvalue weighted by atomic mass is 32.1. The van der Waals surface area contributed by atoms with E-state index in [0.717, 1.165) is 6.42 Å². The van der Waals surface area contributed by atoms with E-state index in [9.17, 15) is 14.4 Å². The number of amides is 1. The third-order valence-electron chi connectivity index (χ3n) is 4.23. The highest BCUT2D eigenvalue weighted by molar-refractivity contribution is 7.09. The molecule has 120 valence electrons. The van der Waals surface area contributed by atoms with Crippen molar-refractivity contribution in [3.05, 3.63) is 16.1 Å². The molecule has 2 heterocycles. The number of carboxylic acids is 1. The van der Waals surface area contributed by atoms with Crippen LogP contribution < -0.4 is 0 Å². The van der Waals surface area contributed by atoms with E-state index in [1.165, 1.54) is 16.7 Å². The molecule has 1 saturated heterocycles. The third-order valence-corrected chi connectivity index (χ3v) is 5.18. The molecule has 1 aromatic rings. The molecular formula is C15H20N2O4S. The van der Waals surface area contributed by atoms with Gasteiger partial charge in [0.25, 0.3) is 5.91 Å². The number of hydrogen-bond donors (Lipinski definition) is 1. The van der Waals surface area contributed by atoms with Gasteiger partial charge in [-0.25, -0.2) is 9.78 Å². The normalized spacial score (nSPS) is 18.5. The lowest BCUT2D eigenvalue weighted by Crippen LogP contribution is -2.42. The average molecular weight is 324 g/mol. The molecule has 0 saturated carbocycles. The van der Waals surface area contributed by atoms with Crippen LogP contribution in [0.25, 0.3) is 0 Å². The van der Waals surface area contributed by atoms with E-state index < -0.39 is 23.1 Å². The Bertz CT molecular complexity index is 608. The van der Waals surface area contributed by atoms with Gasteiger partial charge in [0.05, 0.1) is 6.04 Å². The zero-order valence-corrected chi connectivity index (χ0v) is 13.8. The molecule has 0 radical (unpaired) electrons. The number of ketones is 1. The van der Waals surface area contributed by atoms with Crippen LogP contribution in [0.15, 0.2) is 5.38 Å². The fourth-order valence-corrected chi connectivity index (χ4v) is 3.33. The lowest BCUT2D eigenvalue weighted by Gasteiger charge is -2.27. The number of Topliss-reactive ketones (excluding diaryl/α,β-unsaturated/α-hetero) is 1. The molecule has 1 unspecified atom stereocenters. The van der Waals surface area contributed by atoms with E-state index in [2.05, 4.69) is 4.98 Å². The van der Waals surface area contributed by atoms with Crippen molar-refractivity contribution in [1.82, 2.24) is 9.88 Å². The Morgan fingerprint density at radius 2 is 2.14 bits per heavy atom. The molecule has 7 heteroatoms. The Labute approximate surface area is 133 Å². The molecule has 0 bridgehead atoms. The largest absolute Gasteiger partial charge is 0.476 e. The third kappa shape index (κ3) is 3.04. The SMILES string of the molecule is CCC(C)(C)C(=O)C(=O)N1CCCC1c1nc(C(=O)O)cs1. The lowest BCUT2D eigenvalue weighted by atomic mass is 9.84. The smallest absolute Gasteiger partial charge is 0.355 e. The summed E-state index contributed by atoms with van der Waals surface area (Å²) in [6, 6.07) is -0.290. The van der Waals surface area contributed by atoms with E-state index in [-0.39, 0.29) is 11.7 Å². The van der Waals surface area contributed by atoms with Crippen LogP contribution in [0, 0.1) is 5.41 Å². The first kappa shape index (κ1) is 16.6. The minimum Gasteiger partial charge on any atom is -0.476 e. The van der Waals surface area contributed by atoms with Gasteiger partial charge in [-0.2, -0.15) is 0 Å². The summed E-state index contributed by atoms with van der Waals surface area (Å²) in [4.78, 5) is 41.4. The van der Waals surface area contributed by atoms with Crippen molar-refractivity contribution in [2.75, 3.05) is 6.54 Å². The molecule has 1 amide bonds. The van der Waals surface area contributed by atoms with E-state index >= 15 is 0 Å². The average Bonchev–Trinajstić information content (AvgIpc) is 3.13. The van der Waals surface area contributed by atoms with Crippen LogP contribution in [-0.2, 0) is 9.59 Å². The Morgan fingerprint density at radius 3 is 2.68 bits per heavy atom. The number of carboxylic acid groups (broad SMARTS) is 1. The minimum atomic E-state index is -1.08. The molecule has 1 atom stereocenters. The van der Waals surface area contributed by atoms with Crippen LogP contribution in [0.4, 0.5) is 0 Å². The van der Waals surface area contributed by atoms with Crippen LogP contribution in [0.2, 0.25) is 0 Å². The second-order valence-corrected chi connectivity index (χ2v) is 6.99. The van der Waals surface area contributed by atoms with E-state index in [0.29, 0.717) is 24.4 Å². The second kappa shape index (κ2) is 6.16. The Kier molecular flexibility index (Phi) is 4.65. The quantitative estimate of drug-likeness (QED) is 0.841. The van der Waals surface area contributed by atoms with Crippen LogP contribution in [0.1, 0.15) is 61.6 Å². The van der Waals surface area contributed by atoms with Crippen molar-refractivity contribution in [1.29, 1.82) is 0 Å². The summed E-state index contributed by atoms with van der Waals surface area (Å²) in [5.74, 6) is -1.96. The maximum atomic E-state index is 12.5.